The van der Waals surface area contributed by atoms with Crippen molar-refractivity contribution < 1.29 is 38.7 Å². The molecule has 6 amide bonds. The minimum Gasteiger partial charge on any atom is -0.480 e. The van der Waals surface area contributed by atoms with Crippen molar-refractivity contribution in [2.45, 2.75) is 109 Å². The molecule has 0 aromatic heterocycles. The average molecular weight is 672 g/mol. The highest BCUT2D eigenvalue weighted by Crippen LogP contribution is 2.08. The van der Waals surface area contributed by atoms with Gasteiger partial charge in [-0.2, -0.15) is 0 Å². The summed E-state index contributed by atoms with van der Waals surface area (Å²) in [7, 11) is 0. The fourth-order valence-corrected chi connectivity index (χ4v) is 4.12. The number of aliphatic carboxylic acids is 1. The van der Waals surface area contributed by atoms with Crippen LogP contribution >= 0.6 is 0 Å². The zero-order valence-corrected chi connectivity index (χ0v) is 27.5. The van der Waals surface area contributed by atoms with E-state index in [2.05, 4.69) is 31.9 Å². The van der Waals surface area contributed by atoms with Crippen molar-refractivity contribution in [3.63, 3.8) is 0 Å². The van der Waals surface area contributed by atoms with Gasteiger partial charge in [0.25, 0.3) is 0 Å². The van der Waals surface area contributed by atoms with E-state index in [1.54, 1.807) is 13.8 Å². The molecule has 0 aromatic rings. The van der Waals surface area contributed by atoms with Gasteiger partial charge in [0.1, 0.15) is 30.2 Å². The Kier molecular flexibility index (Phi) is 20.0. The molecular formula is C28H53N11O8. The highest BCUT2D eigenvalue weighted by molar-refractivity contribution is 5.96. The molecule has 0 spiro atoms. The van der Waals surface area contributed by atoms with Gasteiger partial charge in [-0.3, -0.25) is 34.2 Å². The van der Waals surface area contributed by atoms with E-state index in [0.29, 0.717) is 32.4 Å². The van der Waals surface area contributed by atoms with Crippen LogP contribution in [-0.4, -0.2) is 102 Å². The van der Waals surface area contributed by atoms with Crippen LogP contribution in [0.3, 0.4) is 0 Å². The van der Waals surface area contributed by atoms with Crippen LogP contribution in [0.25, 0.3) is 0 Å². The smallest absolute Gasteiger partial charge is 0.326 e. The van der Waals surface area contributed by atoms with Gasteiger partial charge in [-0.15, -0.1) is 0 Å². The van der Waals surface area contributed by atoms with Gasteiger partial charge in [-0.1, -0.05) is 13.8 Å². The number of hydrogen-bond acceptors (Lipinski definition) is 10. The highest BCUT2D eigenvalue weighted by Gasteiger charge is 2.32. The van der Waals surface area contributed by atoms with E-state index in [9.17, 15) is 38.7 Å². The Balaban J connectivity index is 5.36. The summed E-state index contributed by atoms with van der Waals surface area (Å²) in [6, 6.07) is -6.85. The summed E-state index contributed by atoms with van der Waals surface area (Å²) in [4.78, 5) is 86.8. The Morgan fingerprint density at radius 3 is 1.74 bits per heavy atom. The van der Waals surface area contributed by atoms with Crippen LogP contribution in [-0.2, 0) is 33.6 Å². The zero-order chi connectivity index (χ0) is 36.3. The first kappa shape index (κ1) is 42.5. The van der Waals surface area contributed by atoms with Crippen molar-refractivity contribution in [3.05, 3.63) is 0 Å². The molecule has 47 heavy (non-hydrogen) atoms. The van der Waals surface area contributed by atoms with Crippen LogP contribution in [0, 0.1) is 11.3 Å². The van der Waals surface area contributed by atoms with Gasteiger partial charge in [0.05, 0.1) is 6.04 Å². The third-order valence-electron chi connectivity index (χ3n) is 6.97. The van der Waals surface area contributed by atoms with Gasteiger partial charge in [0, 0.05) is 13.0 Å². The summed E-state index contributed by atoms with van der Waals surface area (Å²) in [5.41, 5.74) is 21.8. The Labute approximate surface area is 274 Å². The molecule has 0 bridgehead atoms. The molecule has 0 rings (SSSR count). The number of carboxylic acid groups (broad SMARTS) is 1. The minimum atomic E-state index is -1.41. The number of carboxylic acids is 1. The van der Waals surface area contributed by atoms with E-state index < -0.39 is 83.6 Å². The van der Waals surface area contributed by atoms with Crippen molar-refractivity contribution >= 4 is 47.4 Å². The molecule has 16 N–H and O–H groups in total. The van der Waals surface area contributed by atoms with Gasteiger partial charge in [-0.25, -0.2) is 4.79 Å². The summed E-state index contributed by atoms with van der Waals surface area (Å²) in [5, 5.41) is 31.4. The lowest BCUT2D eigenvalue weighted by molar-refractivity contribution is -0.142. The van der Waals surface area contributed by atoms with E-state index in [0.717, 1.165) is 0 Å². The first-order valence-corrected chi connectivity index (χ1v) is 15.5. The van der Waals surface area contributed by atoms with Crippen molar-refractivity contribution in [1.29, 1.82) is 5.41 Å². The molecule has 0 aliphatic heterocycles. The quantitative estimate of drug-likeness (QED) is 0.0282. The molecule has 19 heteroatoms. The van der Waals surface area contributed by atoms with Crippen LogP contribution in [0.5, 0.6) is 0 Å². The van der Waals surface area contributed by atoms with Crippen LogP contribution in [0.2, 0.25) is 0 Å². The first-order chi connectivity index (χ1) is 21.9. The Morgan fingerprint density at radius 1 is 0.681 bits per heavy atom. The Morgan fingerprint density at radius 2 is 1.23 bits per heavy atom. The summed E-state index contributed by atoms with van der Waals surface area (Å²) < 4.78 is 0. The van der Waals surface area contributed by atoms with E-state index in [4.69, 9.17) is 28.3 Å². The molecule has 0 saturated carbocycles. The van der Waals surface area contributed by atoms with Crippen molar-refractivity contribution in [2.24, 2.45) is 28.9 Å². The van der Waals surface area contributed by atoms with Gasteiger partial charge in [0.2, 0.25) is 35.4 Å². The van der Waals surface area contributed by atoms with Crippen molar-refractivity contribution in [1.82, 2.24) is 31.9 Å². The number of amides is 6. The molecule has 0 unspecified atom stereocenters. The van der Waals surface area contributed by atoms with E-state index >= 15 is 0 Å². The fraction of sp³-hybridized carbons (Fsp3) is 0.714. The number of unbranched alkanes of at least 4 members (excludes halogenated alkanes) is 1. The summed E-state index contributed by atoms with van der Waals surface area (Å²) in [6.07, 6.45) is 1.51. The number of nitrogens with two attached hydrogens (primary N) is 4. The van der Waals surface area contributed by atoms with Crippen LogP contribution in [0.1, 0.15) is 72.6 Å². The van der Waals surface area contributed by atoms with Gasteiger partial charge >= 0.3 is 5.97 Å². The summed E-state index contributed by atoms with van der Waals surface area (Å²) in [6.45, 7) is 6.72. The molecule has 0 fully saturated rings. The van der Waals surface area contributed by atoms with Gasteiger partial charge in [-0.05, 0) is 64.8 Å². The maximum absolute atomic E-state index is 13.3. The lowest BCUT2D eigenvalue weighted by atomic mass is 10.0. The number of primary amides is 1. The van der Waals surface area contributed by atoms with Crippen LogP contribution < -0.4 is 54.8 Å². The summed E-state index contributed by atoms with van der Waals surface area (Å²) in [5.74, 6) is -6.29. The number of carbonyl (C=O) groups is 7. The molecule has 0 radical (unpaired) electrons. The average Bonchev–Trinajstić information content (AvgIpc) is 2.98. The fourth-order valence-electron chi connectivity index (χ4n) is 4.12. The predicted octanol–water partition coefficient (Wildman–Crippen LogP) is -3.82. The van der Waals surface area contributed by atoms with Crippen molar-refractivity contribution in [2.75, 3.05) is 13.1 Å². The first-order valence-electron chi connectivity index (χ1n) is 15.5. The van der Waals surface area contributed by atoms with Gasteiger partial charge in [0.15, 0.2) is 5.96 Å². The second kappa shape index (κ2) is 22.1. The normalized spacial score (nSPS) is 14.7. The van der Waals surface area contributed by atoms with Crippen molar-refractivity contribution in [3.8, 4) is 0 Å². The van der Waals surface area contributed by atoms with E-state index in [-0.39, 0.29) is 31.6 Å². The molecule has 0 aliphatic rings. The Hall–Kier alpha value is -4.52. The second-order valence-electron chi connectivity index (χ2n) is 11.5. The van der Waals surface area contributed by atoms with Crippen LogP contribution in [0.4, 0.5) is 0 Å². The molecule has 268 valence electrons. The molecule has 0 heterocycles. The number of guanidine groups is 1. The van der Waals surface area contributed by atoms with Crippen LogP contribution in [0.15, 0.2) is 0 Å². The lowest BCUT2D eigenvalue weighted by Crippen LogP contribution is -2.59. The standard InChI is InChI=1S/C28H53N11O8/c1-14(2)21(39-25(44)18(9-5-6-12-29)37-24(43)17(30)8-7-13-34-28(32)33)26(45)36-15(3)22(41)35-16(4)23(42)38-19(27(46)47)10-11-20(31)40/h14-19,21H,5-13,29-30H2,1-4H3,(H2,31,40)(H,35,41)(H,36,45)(H,37,43)(H,38,42)(H,39,44)(H,46,47)(H4,32,33,34)/t15-,16-,17-,18-,19-,21-/m0/s1. The van der Waals surface area contributed by atoms with E-state index in [1.165, 1.54) is 13.8 Å². The predicted molar refractivity (Wildman–Crippen MR) is 172 cm³/mol. The maximum atomic E-state index is 13.3. The zero-order valence-electron chi connectivity index (χ0n) is 27.5. The monoisotopic (exact) mass is 671 g/mol. The minimum absolute atomic E-state index is 0.207. The topological polar surface area (TPSA) is 340 Å². The molecule has 0 saturated heterocycles. The Bertz CT molecular complexity index is 1100. The number of rotatable bonds is 23. The highest BCUT2D eigenvalue weighted by atomic mass is 16.4. The molecule has 0 aromatic carbocycles. The SMILES string of the molecule is CC(C)[C@H](NC(=O)[C@H](CCCCN)NC(=O)[C@@H](N)CCCNC(=N)N)C(=O)N[C@@H](C)C(=O)N[C@@H](C)C(=O)N[C@@H](CCC(N)=O)C(=O)O. The number of carbonyl (C=O) groups excluding carboxylic acids is 6. The second-order valence-corrected chi connectivity index (χ2v) is 11.5. The van der Waals surface area contributed by atoms with Gasteiger partial charge < -0.3 is 59.9 Å². The number of nitrogens with one attached hydrogen (secondary N) is 7. The third-order valence-corrected chi connectivity index (χ3v) is 6.97. The summed E-state index contributed by atoms with van der Waals surface area (Å²) >= 11 is 0. The van der Waals surface area contributed by atoms with E-state index in [1.807, 2.05) is 0 Å². The lowest BCUT2D eigenvalue weighted by Gasteiger charge is -2.27. The maximum Gasteiger partial charge on any atom is 0.326 e. The molecule has 6 atom stereocenters. The third kappa shape index (κ3) is 17.7. The molecule has 0 aliphatic carbocycles. The number of hydrogen-bond donors (Lipinski definition) is 12. The molecular weight excluding hydrogens is 618 g/mol. The molecule has 19 nitrogen and oxygen atoms in total. The largest absolute Gasteiger partial charge is 0.480 e.